The molecule has 0 atom stereocenters. The van der Waals surface area contributed by atoms with Crippen LogP contribution < -0.4 is 5.63 Å². The van der Waals surface area contributed by atoms with Crippen LogP contribution in [0.15, 0.2) is 65.9 Å². The standard InChI is InChI=1S/2C5H5.2C4H3FOS.Zr/c2*1-2-4-5-3-1;2*5-3-1-2-7-4(3)6;/h2*1-3H,4H2;2*1-2,6H;/q;;;;+2/p-2. The minimum absolute atomic E-state index is 0.216. The number of allylic oxidation sites excluding steroid dienone is 8. The molecule has 0 aromatic carbocycles. The van der Waals surface area contributed by atoms with Crippen LogP contribution in [-0.2, 0) is 21.1 Å². The molecule has 0 bridgehead atoms. The number of hydrogen-bond acceptors (Lipinski definition) is 4. The molecule has 2 aliphatic carbocycles. The maximum absolute atomic E-state index is 14.1. The fourth-order valence-electron chi connectivity index (χ4n) is 2.84. The van der Waals surface area contributed by atoms with Crippen molar-refractivity contribution >= 4 is 22.7 Å². The fourth-order valence-corrected chi connectivity index (χ4v) is 13.6. The topological polar surface area (TPSA) is 18.5 Å². The first-order chi connectivity index (χ1) is 12.2. The first kappa shape index (κ1) is 17.1. The Morgan fingerprint density at radius 1 is 0.800 bits per heavy atom. The van der Waals surface area contributed by atoms with Crippen LogP contribution in [0.2, 0.25) is 0 Å². The van der Waals surface area contributed by atoms with Gasteiger partial charge in [0.1, 0.15) is 0 Å². The zero-order valence-electron chi connectivity index (χ0n) is 13.1. The van der Waals surface area contributed by atoms with Crippen molar-refractivity contribution < 1.29 is 35.6 Å². The molecule has 0 saturated heterocycles. The van der Waals surface area contributed by atoms with Crippen molar-refractivity contribution in [2.24, 2.45) is 0 Å². The second-order valence-corrected chi connectivity index (χ2v) is 14.5. The molecule has 0 unspecified atom stereocenters. The molecule has 128 valence electrons. The molecule has 0 aliphatic heterocycles. The third kappa shape index (κ3) is 3.25. The van der Waals surface area contributed by atoms with E-state index in [4.69, 9.17) is 5.63 Å². The van der Waals surface area contributed by atoms with E-state index in [1.165, 1.54) is 34.8 Å². The molecule has 0 radical (unpaired) electrons. The Morgan fingerprint density at radius 2 is 1.28 bits per heavy atom. The number of rotatable bonds is 6. The molecule has 2 aromatic heterocycles. The third-order valence-corrected chi connectivity index (χ3v) is 14.7. The van der Waals surface area contributed by atoms with Crippen molar-refractivity contribution in [3.05, 3.63) is 77.5 Å². The molecule has 2 aliphatic rings. The van der Waals surface area contributed by atoms with E-state index in [2.05, 4.69) is 0 Å². The van der Waals surface area contributed by atoms with Gasteiger partial charge in [-0.1, -0.05) is 0 Å². The molecule has 0 fully saturated rings. The number of hydrogen-bond donors (Lipinski definition) is 0. The molecular formula is C18H14F2O2S2Zr. The summed E-state index contributed by atoms with van der Waals surface area (Å²) in [5, 5.41) is 3.73. The molecule has 0 N–H and O–H groups in total. The molecule has 2 nitrogen and oxygen atoms in total. The van der Waals surface area contributed by atoms with Gasteiger partial charge < -0.3 is 0 Å². The Morgan fingerprint density at radius 3 is 1.60 bits per heavy atom. The van der Waals surface area contributed by atoms with Crippen molar-refractivity contribution in [2.45, 2.75) is 12.8 Å². The summed E-state index contributed by atoms with van der Waals surface area (Å²) < 4.78 is 43.0. The summed E-state index contributed by atoms with van der Waals surface area (Å²) in [5.74, 6) is -0.807. The average molecular weight is 456 g/mol. The molecule has 7 heteroatoms. The summed E-state index contributed by atoms with van der Waals surface area (Å²) in [6.07, 6.45) is 13.3. The van der Waals surface area contributed by atoms with Gasteiger partial charge in [0.25, 0.3) is 0 Å². The van der Waals surface area contributed by atoms with Crippen LogP contribution in [0, 0.1) is 11.6 Å². The maximum atomic E-state index is 14.1. The van der Waals surface area contributed by atoms with Crippen LogP contribution >= 0.6 is 22.7 Å². The summed E-state index contributed by atoms with van der Waals surface area (Å²) in [7, 11) is 0. The Labute approximate surface area is 158 Å². The van der Waals surface area contributed by atoms with Gasteiger partial charge >= 0.3 is 159 Å². The van der Waals surface area contributed by atoms with E-state index in [1.54, 1.807) is 10.8 Å². The summed E-state index contributed by atoms with van der Waals surface area (Å²) in [4.78, 5) is 0. The van der Waals surface area contributed by atoms with Crippen LogP contribution in [0.4, 0.5) is 8.78 Å². The quantitative estimate of drug-likeness (QED) is 0.515. The summed E-state index contributed by atoms with van der Waals surface area (Å²) in [6, 6.07) is 2.76. The van der Waals surface area contributed by atoms with Gasteiger partial charge in [-0.3, -0.25) is 0 Å². The van der Waals surface area contributed by atoms with Crippen molar-refractivity contribution in [1.29, 1.82) is 0 Å². The zero-order valence-corrected chi connectivity index (χ0v) is 17.2. The van der Waals surface area contributed by atoms with Gasteiger partial charge in [0, 0.05) is 0 Å². The molecule has 25 heavy (non-hydrogen) atoms. The fraction of sp³-hybridized carbons (Fsp3) is 0.111. The van der Waals surface area contributed by atoms with E-state index in [-0.39, 0.29) is 10.1 Å². The van der Waals surface area contributed by atoms with Gasteiger partial charge in [0.05, 0.1) is 0 Å². The van der Waals surface area contributed by atoms with E-state index in [0.29, 0.717) is 12.8 Å². The van der Waals surface area contributed by atoms with Gasteiger partial charge in [-0.15, -0.1) is 0 Å². The SMILES string of the molecule is Fc1ccsc1[O][Zr]([O]c1sccc1F)([C]1=CC=CC1)[C]1=CC=CC1. The summed E-state index contributed by atoms with van der Waals surface area (Å²) in [5.41, 5.74) is 0. The minimum atomic E-state index is -4.23. The molecule has 4 rings (SSSR count). The Bertz CT molecular complexity index is 834. The van der Waals surface area contributed by atoms with E-state index >= 15 is 0 Å². The molecule has 2 aromatic rings. The van der Waals surface area contributed by atoms with Gasteiger partial charge in [0.15, 0.2) is 0 Å². The molecular weight excluding hydrogens is 442 g/mol. The van der Waals surface area contributed by atoms with Crippen molar-refractivity contribution in [2.75, 3.05) is 0 Å². The Hall–Kier alpha value is -1.30. The third-order valence-electron chi connectivity index (χ3n) is 4.03. The van der Waals surface area contributed by atoms with Gasteiger partial charge in [0.2, 0.25) is 0 Å². The van der Waals surface area contributed by atoms with Gasteiger partial charge in [-0.05, 0) is 0 Å². The Balaban J connectivity index is 1.81. The molecule has 0 saturated carbocycles. The first-order valence-electron chi connectivity index (χ1n) is 7.75. The van der Waals surface area contributed by atoms with Gasteiger partial charge in [-0.2, -0.15) is 0 Å². The van der Waals surface area contributed by atoms with Crippen LogP contribution in [0.5, 0.6) is 10.1 Å². The van der Waals surface area contributed by atoms with E-state index in [9.17, 15) is 8.78 Å². The van der Waals surface area contributed by atoms with Crippen molar-refractivity contribution in [3.63, 3.8) is 0 Å². The number of halogens is 2. The molecule has 0 spiro atoms. The van der Waals surface area contributed by atoms with Gasteiger partial charge in [-0.25, -0.2) is 0 Å². The second-order valence-electron chi connectivity index (χ2n) is 5.58. The van der Waals surface area contributed by atoms with E-state index < -0.39 is 32.8 Å². The number of thiophene rings is 2. The monoisotopic (exact) mass is 454 g/mol. The summed E-state index contributed by atoms with van der Waals surface area (Å²) >= 11 is -1.83. The van der Waals surface area contributed by atoms with Crippen LogP contribution in [0.25, 0.3) is 0 Å². The average Bonchev–Trinajstić information content (AvgIpc) is 3.36. The molecule has 2 heterocycles. The van der Waals surface area contributed by atoms with Crippen LogP contribution in [0.1, 0.15) is 12.8 Å². The van der Waals surface area contributed by atoms with Crippen LogP contribution in [0.3, 0.4) is 0 Å². The normalized spacial score (nSPS) is 16.2. The van der Waals surface area contributed by atoms with E-state index in [1.807, 2.05) is 36.5 Å². The molecule has 0 amide bonds. The zero-order chi connectivity index (χ0) is 17.3. The Kier molecular flexibility index (Phi) is 4.89. The van der Waals surface area contributed by atoms with Crippen molar-refractivity contribution in [3.8, 4) is 10.1 Å². The van der Waals surface area contributed by atoms with Crippen LogP contribution in [-0.4, -0.2) is 0 Å². The predicted octanol–water partition coefficient (Wildman–Crippen LogP) is 6.22. The van der Waals surface area contributed by atoms with E-state index in [0.717, 1.165) is 6.56 Å². The first-order valence-corrected chi connectivity index (χ1v) is 14.0. The predicted molar refractivity (Wildman–Crippen MR) is 93.5 cm³/mol. The van der Waals surface area contributed by atoms with Crippen molar-refractivity contribution in [1.82, 2.24) is 0 Å². The second kappa shape index (κ2) is 7.14. The summed E-state index contributed by atoms with van der Waals surface area (Å²) in [6.45, 7) is 0.